The average molecular weight is 322 g/mol. The van der Waals surface area contributed by atoms with Gasteiger partial charge in [0.15, 0.2) is 0 Å². The van der Waals surface area contributed by atoms with Crippen molar-refractivity contribution in [3.05, 3.63) is 65.7 Å². The first-order valence-electron chi connectivity index (χ1n) is 8.40. The summed E-state index contributed by atoms with van der Waals surface area (Å²) in [5.41, 5.74) is 2.78. The minimum atomic E-state index is -0.327. The Bertz CT molecular complexity index is 738. The van der Waals surface area contributed by atoms with Gasteiger partial charge in [-0.15, -0.1) is 0 Å². The van der Waals surface area contributed by atoms with Crippen molar-refractivity contribution >= 4 is 17.5 Å². The molecule has 0 aromatic heterocycles. The molecule has 2 aromatic rings. The molecule has 1 unspecified atom stereocenters. The van der Waals surface area contributed by atoms with Crippen molar-refractivity contribution in [3.8, 4) is 0 Å². The van der Waals surface area contributed by atoms with Crippen LogP contribution >= 0.6 is 0 Å². The zero-order valence-electron chi connectivity index (χ0n) is 14.1. The summed E-state index contributed by atoms with van der Waals surface area (Å²) in [5, 5.41) is 0. The van der Waals surface area contributed by atoms with Crippen molar-refractivity contribution in [3.63, 3.8) is 0 Å². The Morgan fingerprint density at radius 1 is 1.00 bits per heavy atom. The van der Waals surface area contributed by atoms with Gasteiger partial charge in [0, 0.05) is 18.8 Å². The number of amides is 2. The van der Waals surface area contributed by atoms with E-state index >= 15 is 0 Å². The highest BCUT2D eigenvalue weighted by molar-refractivity contribution is 6.09. The zero-order valence-corrected chi connectivity index (χ0v) is 14.1. The van der Waals surface area contributed by atoms with E-state index in [2.05, 4.69) is 0 Å². The number of likely N-dealkylation sites (N-methyl/N-ethyl adjacent to an activating group) is 1. The van der Waals surface area contributed by atoms with Gasteiger partial charge >= 0.3 is 0 Å². The Morgan fingerprint density at radius 3 is 2.29 bits per heavy atom. The first-order chi connectivity index (χ1) is 11.7. The number of fused-ring (bicyclic) bond motifs is 1. The lowest BCUT2D eigenvalue weighted by atomic mass is 9.93. The molecule has 124 valence electrons. The van der Waals surface area contributed by atoms with Crippen molar-refractivity contribution in [2.24, 2.45) is 0 Å². The SMILES string of the molecule is CCN(CC)C(=O)CN1C(=O)C(c2ccccc2)c2ccccc21. The fourth-order valence-electron chi connectivity index (χ4n) is 3.33. The summed E-state index contributed by atoms with van der Waals surface area (Å²) in [7, 11) is 0. The van der Waals surface area contributed by atoms with Gasteiger partial charge in [0.2, 0.25) is 11.8 Å². The first-order valence-corrected chi connectivity index (χ1v) is 8.40. The van der Waals surface area contributed by atoms with E-state index in [-0.39, 0.29) is 24.3 Å². The third-order valence-corrected chi connectivity index (χ3v) is 4.59. The van der Waals surface area contributed by atoms with Crippen LogP contribution < -0.4 is 4.90 Å². The van der Waals surface area contributed by atoms with Crippen LogP contribution in [0.15, 0.2) is 54.6 Å². The molecule has 1 heterocycles. The van der Waals surface area contributed by atoms with Crippen LogP contribution in [0.5, 0.6) is 0 Å². The van der Waals surface area contributed by atoms with E-state index in [9.17, 15) is 9.59 Å². The van der Waals surface area contributed by atoms with Crippen molar-refractivity contribution < 1.29 is 9.59 Å². The van der Waals surface area contributed by atoms with Crippen LogP contribution in [0, 0.1) is 0 Å². The van der Waals surface area contributed by atoms with Crippen LogP contribution in [0.4, 0.5) is 5.69 Å². The molecule has 2 amide bonds. The van der Waals surface area contributed by atoms with Gasteiger partial charge in [-0.2, -0.15) is 0 Å². The summed E-state index contributed by atoms with van der Waals surface area (Å²) in [6.07, 6.45) is 0. The lowest BCUT2D eigenvalue weighted by molar-refractivity contribution is -0.131. The standard InChI is InChI=1S/C20H22N2O2/c1-3-21(4-2)18(23)14-22-17-13-9-8-12-16(17)19(20(22)24)15-10-6-5-7-11-15/h5-13,19H,3-4,14H2,1-2H3. The minimum Gasteiger partial charge on any atom is -0.342 e. The number of nitrogens with zero attached hydrogens (tertiary/aromatic N) is 2. The topological polar surface area (TPSA) is 40.6 Å². The van der Waals surface area contributed by atoms with Crippen LogP contribution in [-0.4, -0.2) is 36.3 Å². The molecular formula is C20H22N2O2. The fraction of sp³-hybridized carbons (Fsp3) is 0.300. The van der Waals surface area contributed by atoms with Gasteiger partial charge in [-0.1, -0.05) is 48.5 Å². The van der Waals surface area contributed by atoms with Gasteiger partial charge < -0.3 is 9.80 Å². The predicted molar refractivity (Wildman–Crippen MR) is 95.0 cm³/mol. The maximum Gasteiger partial charge on any atom is 0.242 e. The molecule has 1 atom stereocenters. The summed E-state index contributed by atoms with van der Waals surface area (Å²) >= 11 is 0. The Hall–Kier alpha value is -2.62. The molecule has 0 saturated carbocycles. The van der Waals surface area contributed by atoms with E-state index in [4.69, 9.17) is 0 Å². The molecule has 4 heteroatoms. The van der Waals surface area contributed by atoms with Gasteiger partial charge in [0.25, 0.3) is 0 Å². The lowest BCUT2D eigenvalue weighted by Crippen LogP contribution is -2.42. The van der Waals surface area contributed by atoms with Gasteiger partial charge in [-0.3, -0.25) is 9.59 Å². The lowest BCUT2D eigenvalue weighted by Gasteiger charge is -2.23. The van der Waals surface area contributed by atoms with E-state index in [1.165, 1.54) is 0 Å². The number of carbonyl (C=O) groups excluding carboxylic acids is 2. The molecule has 0 fully saturated rings. The van der Waals surface area contributed by atoms with Crippen LogP contribution in [0.25, 0.3) is 0 Å². The molecular weight excluding hydrogens is 300 g/mol. The quantitative estimate of drug-likeness (QED) is 0.849. The van der Waals surface area contributed by atoms with Crippen molar-refractivity contribution in [2.45, 2.75) is 19.8 Å². The second kappa shape index (κ2) is 6.87. The van der Waals surface area contributed by atoms with Crippen molar-refractivity contribution in [1.82, 2.24) is 4.90 Å². The summed E-state index contributed by atoms with van der Waals surface area (Å²) in [6.45, 7) is 5.31. The highest BCUT2D eigenvalue weighted by atomic mass is 16.2. The number of anilines is 1. The number of hydrogen-bond acceptors (Lipinski definition) is 2. The molecule has 1 aliphatic rings. The molecule has 0 N–H and O–H groups in total. The highest BCUT2D eigenvalue weighted by Gasteiger charge is 2.39. The summed E-state index contributed by atoms with van der Waals surface area (Å²) < 4.78 is 0. The Labute approximate surface area is 142 Å². The molecule has 0 radical (unpaired) electrons. The normalized spacial score (nSPS) is 16.2. The fourth-order valence-corrected chi connectivity index (χ4v) is 3.33. The number of carbonyl (C=O) groups is 2. The number of para-hydroxylation sites is 1. The molecule has 0 saturated heterocycles. The minimum absolute atomic E-state index is 0.0168. The molecule has 3 rings (SSSR count). The van der Waals surface area contributed by atoms with E-state index < -0.39 is 0 Å². The van der Waals surface area contributed by atoms with Gasteiger partial charge in [0.05, 0.1) is 5.92 Å². The molecule has 0 spiro atoms. The van der Waals surface area contributed by atoms with E-state index in [1.54, 1.807) is 9.80 Å². The second-order valence-electron chi connectivity index (χ2n) is 5.89. The number of hydrogen-bond donors (Lipinski definition) is 0. The number of benzene rings is 2. The van der Waals surface area contributed by atoms with E-state index in [0.29, 0.717) is 13.1 Å². The van der Waals surface area contributed by atoms with Crippen molar-refractivity contribution in [2.75, 3.05) is 24.5 Å². The Kier molecular flexibility index (Phi) is 4.65. The average Bonchev–Trinajstić information content (AvgIpc) is 2.89. The highest BCUT2D eigenvalue weighted by Crippen LogP contribution is 2.40. The molecule has 24 heavy (non-hydrogen) atoms. The van der Waals surface area contributed by atoms with E-state index in [0.717, 1.165) is 16.8 Å². The second-order valence-corrected chi connectivity index (χ2v) is 5.89. The van der Waals surface area contributed by atoms with Crippen LogP contribution in [-0.2, 0) is 9.59 Å². The largest absolute Gasteiger partial charge is 0.342 e. The third-order valence-electron chi connectivity index (χ3n) is 4.59. The molecule has 0 aliphatic carbocycles. The first kappa shape index (κ1) is 16.2. The molecule has 1 aliphatic heterocycles. The third kappa shape index (κ3) is 2.80. The molecule has 4 nitrogen and oxygen atoms in total. The Morgan fingerprint density at radius 2 is 1.62 bits per heavy atom. The van der Waals surface area contributed by atoms with E-state index in [1.807, 2.05) is 68.4 Å². The van der Waals surface area contributed by atoms with Crippen LogP contribution in [0.2, 0.25) is 0 Å². The van der Waals surface area contributed by atoms with Crippen LogP contribution in [0.1, 0.15) is 30.9 Å². The zero-order chi connectivity index (χ0) is 17.1. The van der Waals surface area contributed by atoms with Gasteiger partial charge in [0.1, 0.15) is 6.54 Å². The van der Waals surface area contributed by atoms with Gasteiger partial charge in [-0.25, -0.2) is 0 Å². The predicted octanol–water partition coefficient (Wildman–Crippen LogP) is 3.03. The molecule has 2 aromatic carbocycles. The Balaban J connectivity index is 1.95. The monoisotopic (exact) mass is 322 g/mol. The van der Waals surface area contributed by atoms with Crippen molar-refractivity contribution in [1.29, 1.82) is 0 Å². The summed E-state index contributed by atoms with van der Waals surface area (Å²) in [4.78, 5) is 28.9. The smallest absolute Gasteiger partial charge is 0.242 e. The number of rotatable bonds is 5. The maximum absolute atomic E-state index is 13.1. The molecule has 0 bridgehead atoms. The maximum atomic E-state index is 13.1. The summed E-state index contributed by atoms with van der Waals surface area (Å²) in [5.74, 6) is -0.369. The summed E-state index contributed by atoms with van der Waals surface area (Å²) in [6, 6.07) is 17.5. The van der Waals surface area contributed by atoms with Gasteiger partial charge in [-0.05, 0) is 31.0 Å². The van der Waals surface area contributed by atoms with Crippen LogP contribution in [0.3, 0.4) is 0 Å².